The van der Waals surface area contributed by atoms with Crippen LogP contribution in [-0.4, -0.2) is 38.9 Å². The van der Waals surface area contributed by atoms with E-state index in [1.54, 1.807) is 0 Å². The molecule has 0 unspecified atom stereocenters. The summed E-state index contributed by atoms with van der Waals surface area (Å²) in [5.74, 6) is 0. The minimum Gasteiger partial charge on any atom is -0.376 e. The lowest BCUT2D eigenvalue weighted by Gasteiger charge is -2.16. The van der Waals surface area contributed by atoms with Gasteiger partial charge in [-0.2, -0.15) is 13.2 Å². The molecule has 0 fully saturated rings. The van der Waals surface area contributed by atoms with Crippen molar-refractivity contribution in [2.24, 2.45) is 0 Å². The molecule has 0 saturated carbocycles. The lowest BCUT2D eigenvalue weighted by atomic mass is 10.3. The molecule has 0 amide bonds. The van der Waals surface area contributed by atoms with Gasteiger partial charge < -0.3 is 14.2 Å². The average Bonchev–Trinajstić information content (AvgIpc) is 2.16. The third-order valence-electron chi connectivity index (χ3n) is 1.71. The van der Waals surface area contributed by atoms with Crippen molar-refractivity contribution in [1.29, 1.82) is 0 Å². The van der Waals surface area contributed by atoms with Gasteiger partial charge in [0.25, 0.3) is 0 Å². The summed E-state index contributed by atoms with van der Waals surface area (Å²) in [7, 11) is 0. The van der Waals surface area contributed by atoms with Crippen LogP contribution in [0.3, 0.4) is 0 Å². The summed E-state index contributed by atoms with van der Waals surface area (Å²) in [6.07, 6.45) is -5.45. The zero-order valence-electron chi connectivity index (χ0n) is 9.68. The van der Waals surface area contributed by atoms with Gasteiger partial charge >= 0.3 is 6.18 Å². The largest absolute Gasteiger partial charge is 0.389 e. The molecule has 3 nitrogen and oxygen atoms in total. The van der Waals surface area contributed by atoms with Gasteiger partial charge in [-0.25, -0.2) is 0 Å². The van der Waals surface area contributed by atoms with Gasteiger partial charge in [-0.3, -0.25) is 0 Å². The van der Waals surface area contributed by atoms with Crippen LogP contribution < -0.4 is 0 Å². The summed E-state index contributed by atoms with van der Waals surface area (Å²) < 4.78 is 50.7. The van der Waals surface area contributed by atoms with Crippen LogP contribution in [0.15, 0.2) is 0 Å². The van der Waals surface area contributed by atoms with E-state index in [0.717, 1.165) is 0 Å². The highest BCUT2D eigenvalue weighted by atomic mass is 19.4. The van der Waals surface area contributed by atoms with Crippen molar-refractivity contribution in [3.8, 4) is 0 Å². The molecule has 6 heteroatoms. The Morgan fingerprint density at radius 3 is 2.06 bits per heavy atom. The highest BCUT2D eigenvalue weighted by molar-refractivity contribution is 4.50. The van der Waals surface area contributed by atoms with Crippen molar-refractivity contribution >= 4 is 0 Å². The van der Waals surface area contributed by atoms with E-state index in [9.17, 15) is 13.2 Å². The van der Waals surface area contributed by atoms with Crippen molar-refractivity contribution in [3.63, 3.8) is 0 Å². The van der Waals surface area contributed by atoms with E-state index in [1.165, 1.54) is 0 Å². The molecule has 0 atom stereocenters. The van der Waals surface area contributed by atoms with Gasteiger partial charge in [-0.15, -0.1) is 0 Å². The van der Waals surface area contributed by atoms with Gasteiger partial charge in [0.05, 0.1) is 6.61 Å². The van der Waals surface area contributed by atoms with Crippen LogP contribution in [0, 0.1) is 0 Å². The molecular weight excluding hydrogens is 225 g/mol. The van der Waals surface area contributed by atoms with E-state index in [1.807, 2.05) is 13.8 Å². The fraction of sp³-hybridized carbons (Fsp3) is 1.00. The second kappa shape index (κ2) is 8.78. The third kappa shape index (κ3) is 10.2. The number of hydrogen-bond acceptors (Lipinski definition) is 3. The van der Waals surface area contributed by atoms with Gasteiger partial charge in [0.2, 0.25) is 0 Å². The van der Waals surface area contributed by atoms with Crippen LogP contribution >= 0.6 is 0 Å². The molecule has 0 N–H and O–H groups in total. The molecule has 0 radical (unpaired) electrons. The first-order chi connectivity index (χ1) is 7.49. The Morgan fingerprint density at radius 2 is 1.62 bits per heavy atom. The number of ether oxygens (including phenoxy) is 3. The van der Waals surface area contributed by atoms with Gasteiger partial charge in [-0.1, -0.05) is 0 Å². The smallest absolute Gasteiger partial charge is 0.376 e. The maximum absolute atomic E-state index is 11.8. The van der Waals surface area contributed by atoms with Crippen molar-refractivity contribution < 1.29 is 27.4 Å². The highest BCUT2D eigenvalue weighted by Gasteiger charge is 2.26. The molecule has 0 bridgehead atoms. The molecule has 0 aromatic rings. The Labute approximate surface area is 93.9 Å². The van der Waals surface area contributed by atoms with Gasteiger partial charge in [-0.05, 0) is 20.3 Å². The molecule has 0 aliphatic rings. The fourth-order valence-electron chi connectivity index (χ4n) is 1.07. The predicted octanol–water partition coefficient (Wildman–Crippen LogP) is 2.74. The van der Waals surface area contributed by atoms with Gasteiger partial charge in [0.15, 0.2) is 6.29 Å². The Balaban J connectivity index is 3.46. The van der Waals surface area contributed by atoms with Crippen molar-refractivity contribution in [2.75, 3.05) is 26.4 Å². The average molecular weight is 244 g/mol. The minimum absolute atomic E-state index is 0.0333. The Hall–Kier alpha value is -0.330. The summed E-state index contributed by atoms with van der Waals surface area (Å²) in [6, 6.07) is 0. The molecule has 0 aliphatic carbocycles. The van der Waals surface area contributed by atoms with E-state index >= 15 is 0 Å². The quantitative estimate of drug-likeness (QED) is 0.461. The first-order valence-electron chi connectivity index (χ1n) is 5.37. The number of halogens is 3. The molecule has 98 valence electrons. The number of hydrogen-bond donors (Lipinski definition) is 0. The normalized spacial score (nSPS) is 12.4. The monoisotopic (exact) mass is 244 g/mol. The molecule has 0 aliphatic heterocycles. The van der Waals surface area contributed by atoms with Crippen molar-refractivity contribution in [1.82, 2.24) is 0 Å². The van der Waals surface area contributed by atoms with Crippen LogP contribution in [-0.2, 0) is 14.2 Å². The summed E-state index contributed by atoms with van der Waals surface area (Å²) in [5.41, 5.74) is 0. The zero-order chi connectivity index (χ0) is 12.4. The molecule has 0 saturated heterocycles. The maximum Gasteiger partial charge on any atom is 0.389 e. The summed E-state index contributed by atoms with van der Waals surface area (Å²) in [5, 5.41) is 0. The Bertz CT molecular complexity index is 156. The first kappa shape index (κ1) is 15.7. The zero-order valence-corrected chi connectivity index (χ0v) is 9.68. The number of rotatable bonds is 9. The summed E-state index contributed by atoms with van der Waals surface area (Å²) >= 11 is 0. The van der Waals surface area contributed by atoms with Crippen LogP contribution in [0.5, 0.6) is 0 Å². The summed E-state index contributed by atoms with van der Waals surface area (Å²) in [6.45, 7) is 4.83. The predicted molar refractivity (Wildman–Crippen MR) is 53.1 cm³/mol. The second-order valence-corrected chi connectivity index (χ2v) is 3.13. The molecule has 0 aromatic carbocycles. The fourth-order valence-corrected chi connectivity index (χ4v) is 1.07. The van der Waals surface area contributed by atoms with E-state index in [2.05, 4.69) is 0 Å². The molecule has 0 aromatic heterocycles. The number of alkyl halides is 3. The van der Waals surface area contributed by atoms with E-state index < -0.39 is 18.9 Å². The first-order valence-corrected chi connectivity index (χ1v) is 5.37. The topological polar surface area (TPSA) is 27.7 Å². The maximum atomic E-state index is 11.8. The van der Waals surface area contributed by atoms with E-state index in [4.69, 9.17) is 14.2 Å². The Kier molecular flexibility index (Phi) is 8.60. The Morgan fingerprint density at radius 1 is 1.06 bits per heavy atom. The van der Waals surface area contributed by atoms with Crippen molar-refractivity contribution in [2.45, 2.75) is 39.2 Å². The standard InChI is InChI=1S/C10H19F3O3/c1-3-15-9(16-4-2)8-14-7-5-6-10(11,12)13/h9H,3-8H2,1-2H3. The van der Waals surface area contributed by atoms with Crippen LogP contribution in [0.2, 0.25) is 0 Å². The third-order valence-corrected chi connectivity index (χ3v) is 1.71. The van der Waals surface area contributed by atoms with Gasteiger partial charge in [0, 0.05) is 26.2 Å². The SMILES string of the molecule is CCOC(COCCCC(F)(F)F)OCC. The molecule has 0 rings (SSSR count). The molecule has 0 spiro atoms. The molecule has 16 heavy (non-hydrogen) atoms. The van der Waals surface area contributed by atoms with Gasteiger partial charge in [0.1, 0.15) is 0 Å². The summed E-state index contributed by atoms with van der Waals surface area (Å²) in [4.78, 5) is 0. The van der Waals surface area contributed by atoms with E-state index in [-0.39, 0.29) is 19.6 Å². The van der Waals surface area contributed by atoms with Crippen LogP contribution in [0.1, 0.15) is 26.7 Å². The van der Waals surface area contributed by atoms with Crippen LogP contribution in [0.25, 0.3) is 0 Å². The van der Waals surface area contributed by atoms with E-state index in [0.29, 0.717) is 13.2 Å². The molecule has 0 heterocycles. The minimum atomic E-state index is -4.11. The second-order valence-electron chi connectivity index (χ2n) is 3.13. The lowest BCUT2D eigenvalue weighted by molar-refractivity contribution is -0.170. The van der Waals surface area contributed by atoms with Crippen LogP contribution in [0.4, 0.5) is 13.2 Å². The highest BCUT2D eigenvalue weighted by Crippen LogP contribution is 2.20. The lowest BCUT2D eigenvalue weighted by Crippen LogP contribution is -2.24. The molecular formula is C10H19F3O3. The van der Waals surface area contributed by atoms with Crippen molar-refractivity contribution in [3.05, 3.63) is 0 Å².